The molecule has 22 heavy (non-hydrogen) atoms. The first kappa shape index (κ1) is 13.2. The molecule has 0 spiro atoms. The lowest BCUT2D eigenvalue weighted by Crippen LogP contribution is -2.24. The van der Waals surface area contributed by atoms with Gasteiger partial charge in [0, 0.05) is 30.8 Å². The van der Waals surface area contributed by atoms with Crippen molar-refractivity contribution in [1.29, 1.82) is 0 Å². The Balaban J connectivity index is 1.89. The monoisotopic (exact) mass is 298 g/mol. The highest BCUT2D eigenvalue weighted by Gasteiger charge is 2.23. The van der Waals surface area contributed by atoms with Crippen molar-refractivity contribution >= 4 is 11.5 Å². The Hall–Kier alpha value is -2.47. The zero-order valence-corrected chi connectivity index (χ0v) is 11.9. The lowest BCUT2D eigenvalue weighted by Gasteiger charge is -2.19. The normalized spacial score (nSPS) is 18.3. The van der Waals surface area contributed by atoms with Gasteiger partial charge in [-0.2, -0.15) is 9.61 Å². The van der Waals surface area contributed by atoms with Crippen molar-refractivity contribution in [2.24, 2.45) is 0 Å². The van der Waals surface area contributed by atoms with Gasteiger partial charge in [-0.1, -0.05) is 12.1 Å². The molecule has 6 heteroatoms. The molecule has 1 saturated heterocycles. The number of halogens is 1. The number of rotatable bonds is 2. The van der Waals surface area contributed by atoms with Crippen LogP contribution in [-0.2, 0) is 0 Å². The van der Waals surface area contributed by atoms with Crippen LogP contribution in [0.5, 0.6) is 0 Å². The molecule has 1 atom stereocenters. The summed E-state index contributed by atoms with van der Waals surface area (Å²) < 4.78 is 15.8. The minimum Gasteiger partial charge on any atom is -0.391 e. The highest BCUT2D eigenvalue weighted by Crippen LogP contribution is 2.28. The van der Waals surface area contributed by atoms with Crippen molar-refractivity contribution in [3.05, 3.63) is 48.4 Å². The van der Waals surface area contributed by atoms with E-state index in [1.165, 1.54) is 6.07 Å². The molecule has 0 bridgehead atoms. The Morgan fingerprint density at radius 2 is 2.09 bits per heavy atom. The quantitative estimate of drug-likeness (QED) is 0.787. The van der Waals surface area contributed by atoms with E-state index in [4.69, 9.17) is 0 Å². The lowest BCUT2D eigenvalue weighted by atomic mass is 10.1. The van der Waals surface area contributed by atoms with Gasteiger partial charge in [-0.15, -0.1) is 0 Å². The first-order valence-corrected chi connectivity index (χ1v) is 7.25. The molecule has 1 aliphatic heterocycles. The van der Waals surface area contributed by atoms with Gasteiger partial charge in [0.15, 0.2) is 5.65 Å². The fraction of sp³-hybridized carbons (Fsp3) is 0.250. The maximum atomic E-state index is 14.1. The molecule has 2 aromatic heterocycles. The molecule has 1 aliphatic rings. The van der Waals surface area contributed by atoms with Gasteiger partial charge < -0.3 is 10.0 Å². The van der Waals surface area contributed by atoms with Gasteiger partial charge in [-0.05, 0) is 18.6 Å². The topological polar surface area (TPSA) is 53.7 Å². The van der Waals surface area contributed by atoms with Crippen molar-refractivity contribution < 1.29 is 9.50 Å². The standard InChI is InChI=1S/C16H15FN4O/c17-13-4-2-1-3-12(13)14-9-16(20-8-6-11(22)10-20)21-15(19-14)5-7-18-21/h1-5,7,9,11,22H,6,8,10H2. The maximum Gasteiger partial charge on any atom is 0.157 e. The van der Waals surface area contributed by atoms with Gasteiger partial charge in [0.25, 0.3) is 0 Å². The highest BCUT2D eigenvalue weighted by atomic mass is 19.1. The van der Waals surface area contributed by atoms with Gasteiger partial charge in [0.2, 0.25) is 0 Å². The average Bonchev–Trinajstić information content (AvgIpc) is 3.15. The fourth-order valence-corrected chi connectivity index (χ4v) is 2.88. The van der Waals surface area contributed by atoms with Crippen LogP contribution in [0.3, 0.4) is 0 Å². The molecule has 0 saturated carbocycles. The number of anilines is 1. The smallest absolute Gasteiger partial charge is 0.157 e. The Kier molecular flexibility index (Phi) is 3.04. The highest BCUT2D eigenvalue weighted by molar-refractivity contribution is 5.67. The molecule has 0 amide bonds. The van der Waals surface area contributed by atoms with Crippen LogP contribution in [-0.4, -0.2) is 38.9 Å². The van der Waals surface area contributed by atoms with Gasteiger partial charge >= 0.3 is 0 Å². The van der Waals surface area contributed by atoms with Crippen LogP contribution in [0.25, 0.3) is 16.9 Å². The van der Waals surface area contributed by atoms with Crippen molar-refractivity contribution in [2.45, 2.75) is 12.5 Å². The number of aromatic nitrogens is 3. The fourth-order valence-electron chi connectivity index (χ4n) is 2.88. The third-order valence-electron chi connectivity index (χ3n) is 3.98. The van der Waals surface area contributed by atoms with Gasteiger partial charge in [-0.3, -0.25) is 0 Å². The molecule has 4 rings (SSSR count). The van der Waals surface area contributed by atoms with Gasteiger partial charge in [-0.25, -0.2) is 9.37 Å². The SMILES string of the molecule is OC1CCN(c2cc(-c3ccccc3F)nc3ccnn23)C1. The molecule has 0 aliphatic carbocycles. The summed E-state index contributed by atoms with van der Waals surface area (Å²) in [6, 6.07) is 10.2. The molecular weight excluding hydrogens is 283 g/mol. The zero-order valence-electron chi connectivity index (χ0n) is 11.9. The molecule has 1 fully saturated rings. The average molecular weight is 298 g/mol. The van der Waals surface area contributed by atoms with Crippen molar-refractivity contribution in [2.75, 3.05) is 18.0 Å². The van der Waals surface area contributed by atoms with Crippen LogP contribution in [0.15, 0.2) is 42.6 Å². The van der Waals surface area contributed by atoms with Crippen molar-refractivity contribution in [3.8, 4) is 11.3 Å². The molecule has 1 N–H and O–H groups in total. The van der Waals surface area contributed by atoms with E-state index in [1.54, 1.807) is 35.0 Å². The van der Waals surface area contributed by atoms with E-state index in [1.807, 2.05) is 6.07 Å². The Labute approximate surface area is 126 Å². The number of aliphatic hydroxyl groups is 1. The summed E-state index contributed by atoms with van der Waals surface area (Å²) in [6.45, 7) is 1.30. The largest absolute Gasteiger partial charge is 0.391 e. The summed E-state index contributed by atoms with van der Waals surface area (Å²) in [4.78, 5) is 6.54. The first-order chi connectivity index (χ1) is 10.7. The Morgan fingerprint density at radius 1 is 1.23 bits per heavy atom. The second-order valence-corrected chi connectivity index (χ2v) is 5.47. The van der Waals surface area contributed by atoms with E-state index in [0.717, 1.165) is 18.8 Å². The van der Waals surface area contributed by atoms with E-state index in [0.29, 0.717) is 23.4 Å². The number of nitrogens with zero attached hydrogens (tertiary/aromatic N) is 4. The van der Waals surface area contributed by atoms with Crippen molar-refractivity contribution in [3.63, 3.8) is 0 Å². The van der Waals surface area contributed by atoms with Crippen molar-refractivity contribution in [1.82, 2.24) is 14.6 Å². The second-order valence-electron chi connectivity index (χ2n) is 5.47. The van der Waals surface area contributed by atoms with Crippen LogP contribution < -0.4 is 4.90 Å². The third-order valence-corrected chi connectivity index (χ3v) is 3.98. The number of hydrogen-bond acceptors (Lipinski definition) is 4. The predicted octanol–water partition coefficient (Wildman–Crippen LogP) is 2.11. The summed E-state index contributed by atoms with van der Waals surface area (Å²) in [5, 5.41) is 14.0. The van der Waals surface area contributed by atoms with Crippen LogP contribution in [0, 0.1) is 5.82 Å². The Morgan fingerprint density at radius 3 is 2.86 bits per heavy atom. The Bertz CT molecular complexity index is 832. The summed E-state index contributed by atoms with van der Waals surface area (Å²) in [5.74, 6) is 0.524. The summed E-state index contributed by atoms with van der Waals surface area (Å²) in [5.41, 5.74) is 1.70. The third kappa shape index (κ3) is 2.12. The zero-order chi connectivity index (χ0) is 15.1. The van der Waals surface area contributed by atoms with Crippen LogP contribution in [0.1, 0.15) is 6.42 Å². The molecule has 1 unspecified atom stereocenters. The minimum atomic E-state index is -0.337. The maximum absolute atomic E-state index is 14.1. The molecule has 3 heterocycles. The van der Waals surface area contributed by atoms with E-state index >= 15 is 0 Å². The minimum absolute atomic E-state index is 0.300. The van der Waals surface area contributed by atoms with Crippen LogP contribution in [0.2, 0.25) is 0 Å². The summed E-state index contributed by atoms with van der Waals surface area (Å²) in [6.07, 6.45) is 2.06. The number of benzene rings is 1. The molecule has 3 aromatic rings. The summed E-state index contributed by atoms with van der Waals surface area (Å²) >= 11 is 0. The molecule has 1 aromatic carbocycles. The lowest BCUT2D eigenvalue weighted by molar-refractivity contribution is 0.198. The van der Waals surface area contributed by atoms with E-state index in [-0.39, 0.29) is 11.9 Å². The van der Waals surface area contributed by atoms with Crippen LogP contribution in [0.4, 0.5) is 10.2 Å². The van der Waals surface area contributed by atoms with E-state index in [2.05, 4.69) is 15.0 Å². The number of β-amino-alcohol motifs (C(OH)–C–C–N with tert-alkyl or cyclic N) is 1. The van der Waals surface area contributed by atoms with E-state index < -0.39 is 0 Å². The molecule has 0 radical (unpaired) electrons. The predicted molar refractivity (Wildman–Crippen MR) is 81.2 cm³/mol. The molecular formula is C16H15FN4O. The van der Waals surface area contributed by atoms with E-state index in [9.17, 15) is 9.50 Å². The van der Waals surface area contributed by atoms with Gasteiger partial charge in [0.05, 0.1) is 18.0 Å². The van der Waals surface area contributed by atoms with Crippen LogP contribution >= 0.6 is 0 Å². The molecule has 5 nitrogen and oxygen atoms in total. The second kappa shape index (κ2) is 5.06. The number of hydrogen-bond donors (Lipinski definition) is 1. The number of fused-ring (bicyclic) bond motifs is 1. The molecule has 112 valence electrons. The first-order valence-electron chi connectivity index (χ1n) is 7.25. The summed E-state index contributed by atoms with van der Waals surface area (Å²) in [7, 11) is 0. The van der Waals surface area contributed by atoms with Gasteiger partial charge in [0.1, 0.15) is 11.6 Å². The number of aliphatic hydroxyl groups excluding tert-OH is 1.